The molecule has 0 spiro atoms. The van der Waals surface area contributed by atoms with Crippen molar-refractivity contribution in [2.75, 3.05) is 0 Å². The molecule has 0 saturated heterocycles. The van der Waals surface area contributed by atoms with Gasteiger partial charge >= 0.3 is 6.18 Å². The number of halogens is 6. The summed E-state index contributed by atoms with van der Waals surface area (Å²) in [5.41, 5.74) is 1.47. The van der Waals surface area contributed by atoms with Gasteiger partial charge in [0.05, 0.1) is 11.1 Å². The van der Waals surface area contributed by atoms with E-state index in [2.05, 4.69) is 10.3 Å². The van der Waals surface area contributed by atoms with E-state index in [-0.39, 0.29) is 18.0 Å². The predicted molar refractivity (Wildman–Crippen MR) is 137 cm³/mol. The lowest BCUT2D eigenvalue weighted by atomic mass is 10.0. The zero-order valence-corrected chi connectivity index (χ0v) is 21.2. The van der Waals surface area contributed by atoms with Crippen LogP contribution in [-0.4, -0.2) is 10.9 Å². The van der Waals surface area contributed by atoms with Crippen LogP contribution in [-0.2, 0) is 12.7 Å². The van der Waals surface area contributed by atoms with Crippen LogP contribution in [0.15, 0.2) is 85.1 Å². The molecule has 4 aromatic rings. The molecule has 0 saturated carbocycles. The van der Waals surface area contributed by atoms with Crippen molar-refractivity contribution in [3.8, 4) is 5.88 Å². The van der Waals surface area contributed by atoms with Crippen molar-refractivity contribution < 1.29 is 22.7 Å². The molecule has 1 heterocycles. The summed E-state index contributed by atoms with van der Waals surface area (Å²) in [7, 11) is 0. The predicted octanol–water partition coefficient (Wildman–Crippen LogP) is 8.16. The minimum Gasteiger partial charge on any atom is -0.464 e. The summed E-state index contributed by atoms with van der Waals surface area (Å²) in [5.74, 6) is -0.195. The zero-order valence-electron chi connectivity index (χ0n) is 18.9. The van der Waals surface area contributed by atoms with Gasteiger partial charge in [-0.2, -0.15) is 13.2 Å². The molecule has 0 aliphatic rings. The van der Waals surface area contributed by atoms with Crippen molar-refractivity contribution in [3.63, 3.8) is 0 Å². The third-order valence-electron chi connectivity index (χ3n) is 5.39. The van der Waals surface area contributed by atoms with Crippen LogP contribution < -0.4 is 10.1 Å². The van der Waals surface area contributed by atoms with E-state index in [4.69, 9.17) is 39.5 Å². The minimum atomic E-state index is -4.41. The normalized spacial score (nSPS) is 12.2. The fourth-order valence-corrected chi connectivity index (χ4v) is 4.10. The molecule has 10 heteroatoms. The van der Waals surface area contributed by atoms with Gasteiger partial charge in [0.25, 0.3) is 5.91 Å². The van der Waals surface area contributed by atoms with Crippen LogP contribution in [0.3, 0.4) is 0 Å². The van der Waals surface area contributed by atoms with E-state index < -0.39 is 23.8 Å². The molecule has 1 N–H and O–H groups in total. The number of carbonyl (C=O) groups excluding carboxylic acids is 1. The number of hydrogen-bond donors (Lipinski definition) is 1. The lowest BCUT2D eigenvalue weighted by molar-refractivity contribution is -0.137. The first-order valence-corrected chi connectivity index (χ1v) is 12.0. The second kappa shape index (κ2) is 11.4. The van der Waals surface area contributed by atoms with Crippen LogP contribution in [0.25, 0.3) is 0 Å². The Bertz CT molecular complexity index is 1380. The molecule has 1 unspecified atom stereocenters. The van der Waals surface area contributed by atoms with Crippen LogP contribution >= 0.6 is 34.8 Å². The average Bonchev–Trinajstić information content (AvgIpc) is 2.87. The fraction of sp³-hybridized carbons (Fsp3) is 0.111. The molecule has 1 atom stereocenters. The number of benzene rings is 3. The highest BCUT2D eigenvalue weighted by Crippen LogP contribution is 2.34. The maximum atomic E-state index is 12.7. The largest absolute Gasteiger partial charge is 0.464 e. The van der Waals surface area contributed by atoms with Crippen molar-refractivity contribution in [3.05, 3.63) is 128 Å². The van der Waals surface area contributed by atoms with Gasteiger partial charge in [0.2, 0.25) is 5.88 Å². The van der Waals surface area contributed by atoms with Crippen molar-refractivity contribution in [2.45, 2.75) is 18.8 Å². The lowest BCUT2D eigenvalue weighted by Crippen LogP contribution is -2.23. The highest BCUT2D eigenvalue weighted by molar-refractivity contribution is 6.35. The minimum absolute atomic E-state index is 0.0585. The van der Waals surface area contributed by atoms with Gasteiger partial charge in [-0.05, 0) is 53.6 Å². The van der Waals surface area contributed by atoms with E-state index in [0.717, 1.165) is 17.7 Å². The van der Waals surface area contributed by atoms with E-state index in [9.17, 15) is 18.0 Å². The molecule has 190 valence electrons. The van der Waals surface area contributed by atoms with Gasteiger partial charge in [-0.1, -0.05) is 65.1 Å². The Morgan fingerprint density at radius 3 is 2.16 bits per heavy atom. The standard InChI is InChI=1S/C27H18Cl3F3N2O2/c28-20-8-3-17(4-9-20)25(22-11-10-21(29)13-23(22)30)37-24-12-5-18(15-34-24)26(36)35-14-16-1-6-19(7-2-16)27(31,32)33/h1-13,15,25H,14H2,(H,35,36). The number of hydrogen-bond acceptors (Lipinski definition) is 3. The van der Waals surface area contributed by atoms with Crippen molar-refractivity contribution in [1.82, 2.24) is 10.3 Å². The monoisotopic (exact) mass is 564 g/mol. The van der Waals surface area contributed by atoms with E-state index in [1.165, 1.54) is 24.4 Å². The van der Waals surface area contributed by atoms with Crippen LogP contribution in [0.2, 0.25) is 15.1 Å². The summed E-state index contributed by atoms with van der Waals surface area (Å²) in [6.07, 6.45) is -3.70. The SMILES string of the molecule is O=C(NCc1ccc(C(F)(F)F)cc1)c1ccc(OC(c2ccc(Cl)cc2)c2ccc(Cl)cc2Cl)nc1. The Kier molecular flexibility index (Phi) is 8.27. The molecule has 1 amide bonds. The number of pyridine rings is 1. The number of nitrogens with one attached hydrogen (secondary N) is 1. The average molecular weight is 566 g/mol. The summed E-state index contributed by atoms with van der Waals surface area (Å²) in [4.78, 5) is 16.8. The maximum absolute atomic E-state index is 12.7. The summed E-state index contributed by atoms with van der Waals surface area (Å²) >= 11 is 18.5. The molecule has 0 radical (unpaired) electrons. The first kappa shape index (κ1) is 26.8. The molecule has 0 aliphatic heterocycles. The first-order chi connectivity index (χ1) is 17.6. The Hall–Kier alpha value is -3.26. The van der Waals surface area contributed by atoms with Gasteiger partial charge in [-0.25, -0.2) is 4.98 Å². The first-order valence-electron chi connectivity index (χ1n) is 10.9. The van der Waals surface area contributed by atoms with Gasteiger partial charge in [0.1, 0.15) is 0 Å². The molecule has 1 aromatic heterocycles. The highest BCUT2D eigenvalue weighted by Gasteiger charge is 2.30. The Morgan fingerprint density at radius 2 is 1.57 bits per heavy atom. The Labute approximate surface area is 226 Å². The number of nitrogens with zero attached hydrogens (tertiary/aromatic N) is 1. The lowest BCUT2D eigenvalue weighted by Gasteiger charge is -2.21. The summed E-state index contributed by atoms with van der Waals surface area (Å²) in [6.45, 7) is 0.0585. The molecule has 4 rings (SSSR count). The van der Waals surface area contributed by atoms with Gasteiger partial charge in [-0.15, -0.1) is 0 Å². The van der Waals surface area contributed by atoms with Gasteiger partial charge in [0.15, 0.2) is 6.10 Å². The number of amides is 1. The van der Waals surface area contributed by atoms with E-state index in [1.54, 1.807) is 48.5 Å². The van der Waals surface area contributed by atoms with Crippen LogP contribution in [0.1, 0.15) is 38.7 Å². The topological polar surface area (TPSA) is 51.2 Å². The maximum Gasteiger partial charge on any atom is 0.416 e. The third-order valence-corrected chi connectivity index (χ3v) is 6.20. The number of ether oxygens (including phenoxy) is 1. The third kappa shape index (κ3) is 6.95. The molecule has 0 aliphatic carbocycles. The zero-order chi connectivity index (χ0) is 26.6. The van der Waals surface area contributed by atoms with Crippen molar-refractivity contribution >= 4 is 40.7 Å². The number of carbonyl (C=O) groups is 1. The van der Waals surface area contributed by atoms with Gasteiger partial charge in [-0.3, -0.25) is 4.79 Å². The van der Waals surface area contributed by atoms with Crippen LogP contribution in [0, 0.1) is 0 Å². The van der Waals surface area contributed by atoms with Crippen LogP contribution in [0.5, 0.6) is 5.88 Å². The summed E-state index contributed by atoms with van der Waals surface area (Å²) in [6, 6.07) is 19.8. The fourth-order valence-electron chi connectivity index (χ4n) is 3.46. The highest BCUT2D eigenvalue weighted by atomic mass is 35.5. The molecule has 0 fully saturated rings. The Morgan fingerprint density at radius 1 is 0.892 bits per heavy atom. The van der Waals surface area contributed by atoms with E-state index in [0.29, 0.717) is 26.2 Å². The smallest absolute Gasteiger partial charge is 0.416 e. The number of aromatic nitrogens is 1. The second-order valence-corrected chi connectivity index (χ2v) is 9.26. The van der Waals surface area contributed by atoms with E-state index >= 15 is 0 Å². The Balaban J connectivity index is 1.46. The molecular weight excluding hydrogens is 548 g/mol. The molecule has 37 heavy (non-hydrogen) atoms. The molecule has 3 aromatic carbocycles. The van der Waals surface area contributed by atoms with E-state index in [1.807, 2.05) is 0 Å². The van der Waals surface area contributed by atoms with Crippen molar-refractivity contribution in [2.24, 2.45) is 0 Å². The second-order valence-electron chi connectivity index (χ2n) is 7.98. The summed E-state index contributed by atoms with van der Waals surface area (Å²) < 4.78 is 44.3. The van der Waals surface area contributed by atoms with Crippen molar-refractivity contribution in [1.29, 1.82) is 0 Å². The van der Waals surface area contributed by atoms with Gasteiger partial charge < -0.3 is 10.1 Å². The van der Waals surface area contributed by atoms with Gasteiger partial charge in [0, 0.05) is 39.4 Å². The number of alkyl halides is 3. The number of rotatable bonds is 7. The molecular formula is C27H18Cl3F3N2O2. The molecule has 0 bridgehead atoms. The molecule has 4 nitrogen and oxygen atoms in total. The van der Waals surface area contributed by atoms with Crippen LogP contribution in [0.4, 0.5) is 13.2 Å². The quantitative estimate of drug-likeness (QED) is 0.246. The summed E-state index contributed by atoms with van der Waals surface area (Å²) in [5, 5.41) is 4.11.